The van der Waals surface area contributed by atoms with E-state index in [0.29, 0.717) is 19.5 Å². The zero-order valence-electron chi connectivity index (χ0n) is 13.1. The Balaban J connectivity index is 0.000000816. The number of nitrogens with one attached hydrogen (secondary N) is 3. The Kier molecular flexibility index (Phi) is 9.42. The molecule has 1 aromatic carbocycles. The SMILES string of the molecule is O=C(NCCCc1ccccc1)N[C@H]1CNCC[C@H]1O.O=CO. The minimum Gasteiger partial charge on any atom is -0.483 e. The summed E-state index contributed by atoms with van der Waals surface area (Å²) in [5.74, 6) is 0. The fourth-order valence-corrected chi connectivity index (χ4v) is 2.35. The third-order valence-corrected chi connectivity index (χ3v) is 3.53. The number of urea groups is 1. The van der Waals surface area contributed by atoms with Crippen LogP contribution in [0.3, 0.4) is 0 Å². The molecule has 1 aliphatic rings. The molecule has 0 aromatic heterocycles. The second-order valence-electron chi connectivity index (χ2n) is 5.26. The number of carbonyl (C=O) groups is 2. The molecule has 2 rings (SSSR count). The van der Waals surface area contributed by atoms with E-state index >= 15 is 0 Å². The summed E-state index contributed by atoms with van der Waals surface area (Å²) in [6, 6.07) is 9.82. The largest absolute Gasteiger partial charge is 0.483 e. The Bertz CT molecular complexity index is 456. The van der Waals surface area contributed by atoms with E-state index < -0.39 is 6.10 Å². The van der Waals surface area contributed by atoms with E-state index in [1.54, 1.807) is 0 Å². The molecule has 1 aliphatic heterocycles. The van der Waals surface area contributed by atoms with Crippen LogP contribution in [0.15, 0.2) is 30.3 Å². The number of carbonyl (C=O) groups excluding carboxylic acids is 1. The van der Waals surface area contributed by atoms with E-state index in [-0.39, 0.29) is 18.5 Å². The van der Waals surface area contributed by atoms with E-state index in [1.165, 1.54) is 5.56 Å². The first kappa shape index (κ1) is 18.9. The van der Waals surface area contributed by atoms with Gasteiger partial charge in [0.1, 0.15) is 0 Å². The van der Waals surface area contributed by atoms with Crippen LogP contribution in [-0.2, 0) is 11.2 Å². The van der Waals surface area contributed by atoms with Gasteiger partial charge in [-0.15, -0.1) is 0 Å². The summed E-state index contributed by atoms with van der Waals surface area (Å²) in [6.45, 7) is 1.81. The zero-order chi connectivity index (χ0) is 16.9. The number of aryl methyl sites for hydroxylation is 1. The monoisotopic (exact) mass is 323 g/mol. The predicted molar refractivity (Wildman–Crippen MR) is 87.3 cm³/mol. The van der Waals surface area contributed by atoms with Gasteiger partial charge in [0.05, 0.1) is 12.1 Å². The average Bonchev–Trinajstić information content (AvgIpc) is 2.56. The van der Waals surface area contributed by atoms with Crippen molar-refractivity contribution >= 4 is 12.5 Å². The summed E-state index contributed by atoms with van der Waals surface area (Å²) in [5, 5.41) is 25.4. The minimum atomic E-state index is -0.452. The molecule has 2 atom stereocenters. The molecule has 1 aromatic rings. The van der Waals surface area contributed by atoms with Crippen LogP contribution in [0, 0.1) is 0 Å². The van der Waals surface area contributed by atoms with Gasteiger partial charge in [-0.05, 0) is 31.4 Å². The molecule has 0 spiro atoms. The van der Waals surface area contributed by atoms with Crippen molar-refractivity contribution in [2.75, 3.05) is 19.6 Å². The zero-order valence-corrected chi connectivity index (χ0v) is 13.1. The number of rotatable bonds is 5. The Morgan fingerprint density at radius 1 is 1.35 bits per heavy atom. The number of aliphatic hydroxyl groups excluding tert-OH is 1. The van der Waals surface area contributed by atoms with Crippen LogP contribution in [0.2, 0.25) is 0 Å². The van der Waals surface area contributed by atoms with Gasteiger partial charge < -0.3 is 26.2 Å². The Labute approximate surface area is 136 Å². The molecule has 128 valence electrons. The molecule has 23 heavy (non-hydrogen) atoms. The minimum absolute atomic E-state index is 0.196. The van der Waals surface area contributed by atoms with Gasteiger partial charge >= 0.3 is 6.03 Å². The van der Waals surface area contributed by atoms with Crippen LogP contribution in [0.1, 0.15) is 18.4 Å². The molecule has 2 amide bonds. The molecular formula is C16H25N3O4. The van der Waals surface area contributed by atoms with Crippen LogP contribution in [0.4, 0.5) is 4.79 Å². The van der Waals surface area contributed by atoms with E-state index in [2.05, 4.69) is 28.1 Å². The van der Waals surface area contributed by atoms with Crippen molar-refractivity contribution in [2.45, 2.75) is 31.4 Å². The fourth-order valence-electron chi connectivity index (χ4n) is 2.35. The lowest BCUT2D eigenvalue weighted by Crippen LogP contribution is -2.55. The number of benzene rings is 1. The van der Waals surface area contributed by atoms with Gasteiger partial charge in [0.2, 0.25) is 0 Å². The lowest BCUT2D eigenvalue weighted by Gasteiger charge is -2.29. The number of hydrogen-bond donors (Lipinski definition) is 5. The molecule has 0 saturated carbocycles. The summed E-state index contributed by atoms with van der Waals surface area (Å²) in [5.41, 5.74) is 1.28. The first-order valence-corrected chi connectivity index (χ1v) is 7.72. The molecule has 1 fully saturated rings. The third kappa shape index (κ3) is 8.18. The van der Waals surface area contributed by atoms with Crippen molar-refractivity contribution < 1.29 is 19.8 Å². The van der Waals surface area contributed by atoms with Crippen molar-refractivity contribution in [1.29, 1.82) is 0 Å². The van der Waals surface area contributed by atoms with Gasteiger partial charge in [0.25, 0.3) is 6.47 Å². The van der Waals surface area contributed by atoms with E-state index in [1.807, 2.05) is 18.2 Å². The van der Waals surface area contributed by atoms with Crippen molar-refractivity contribution in [3.8, 4) is 0 Å². The second kappa shape index (κ2) is 11.4. The summed E-state index contributed by atoms with van der Waals surface area (Å²) >= 11 is 0. The number of piperidine rings is 1. The lowest BCUT2D eigenvalue weighted by molar-refractivity contribution is -0.122. The first-order chi connectivity index (χ1) is 11.2. The Morgan fingerprint density at radius 3 is 2.70 bits per heavy atom. The van der Waals surface area contributed by atoms with Crippen molar-refractivity contribution in [3.05, 3.63) is 35.9 Å². The smallest absolute Gasteiger partial charge is 0.315 e. The normalized spacial score (nSPS) is 19.9. The highest BCUT2D eigenvalue weighted by atomic mass is 16.3. The van der Waals surface area contributed by atoms with Gasteiger partial charge in [-0.2, -0.15) is 0 Å². The quantitative estimate of drug-likeness (QED) is 0.396. The molecular weight excluding hydrogens is 298 g/mol. The van der Waals surface area contributed by atoms with E-state index in [9.17, 15) is 9.90 Å². The molecule has 1 heterocycles. The van der Waals surface area contributed by atoms with Crippen LogP contribution < -0.4 is 16.0 Å². The van der Waals surface area contributed by atoms with Gasteiger partial charge in [0.15, 0.2) is 0 Å². The number of hydrogen-bond acceptors (Lipinski definition) is 4. The summed E-state index contributed by atoms with van der Waals surface area (Å²) in [7, 11) is 0. The highest BCUT2D eigenvalue weighted by Gasteiger charge is 2.23. The van der Waals surface area contributed by atoms with E-state index in [0.717, 1.165) is 19.4 Å². The number of carboxylic acid groups (broad SMARTS) is 1. The molecule has 0 bridgehead atoms. The third-order valence-electron chi connectivity index (χ3n) is 3.53. The van der Waals surface area contributed by atoms with Crippen LogP contribution >= 0.6 is 0 Å². The topological polar surface area (TPSA) is 111 Å². The molecule has 7 nitrogen and oxygen atoms in total. The molecule has 7 heteroatoms. The number of aliphatic hydroxyl groups is 1. The van der Waals surface area contributed by atoms with E-state index in [4.69, 9.17) is 9.90 Å². The fraction of sp³-hybridized carbons (Fsp3) is 0.500. The summed E-state index contributed by atoms with van der Waals surface area (Å²) < 4.78 is 0. The summed E-state index contributed by atoms with van der Waals surface area (Å²) in [4.78, 5) is 20.1. The van der Waals surface area contributed by atoms with Crippen molar-refractivity contribution in [3.63, 3.8) is 0 Å². The Hall–Kier alpha value is -2.12. The van der Waals surface area contributed by atoms with Crippen LogP contribution in [0.25, 0.3) is 0 Å². The first-order valence-electron chi connectivity index (χ1n) is 7.72. The van der Waals surface area contributed by atoms with Crippen LogP contribution in [0.5, 0.6) is 0 Å². The maximum atomic E-state index is 11.7. The maximum Gasteiger partial charge on any atom is 0.315 e. The maximum absolute atomic E-state index is 11.7. The summed E-state index contributed by atoms with van der Waals surface area (Å²) in [6.07, 6.45) is 2.09. The lowest BCUT2D eigenvalue weighted by atomic mass is 10.0. The number of amides is 2. The van der Waals surface area contributed by atoms with Gasteiger partial charge in [0, 0.05) is 13.1 Å². The molecule has 5 N–H and O–H groups in total. The molecule has 0 radical (unpaired) electrons. The second-order valence-corrected chi connectivity index (χ2v) is 5.26. The highest BCUT2D eigenvalue weighted by Crippen LogP contribution is 2.03. The standard InChI is InChI=1S/C15H23N3O2.CH2O2/c19-14-8-10-16-11-13(14)18-15(20)17-9-4-7-12-5-2-1-3-6-12;2-1-3/h1-3,5-6,13-14,16,19H,4,7-11H2,(H2,17,18,20);1H,(H,2,3)/t13-,14+;/m0./s1. The van der Waals surface area contributed by atoms with Crippen LogP contribution in [-0.4, -0.2) is 54.5 Å². The predicted octanol–water partition coefficient (Wildman–Crippen LogP) is 0.342. The van der Waals surface area contributed by atoms with Crippen molar-refractivity contribution in [1.82, 2.24) is 16.0 Å². The van der Waals surface area contributed by atoms with Gasteiger partial charge in [-0.25, -0.2) is 4.79 Å². The van der Waals surface area contributed by atoms with Gasteiger partial charge in [-0.3, -0.25) is 4.79 Å². The molecule has 0 aliphatic carbocycles. The van der Waals surface area contributed by atoms with Crippen molar-refractivity contribution in [2.24, 2.45) is 0 Å². The van der Waals surface area contributed by atoms with Gasteiger partial charge in [-0.1, -0.05) is 30.3 Å². The molecule has 1 saturated heterocycles. The average molecular weight is 323 g/mol. The molecule has 0 unspecified atom stereocenters. The highest BCUT2D eigenvalue weighted by molar-refractivity contribution is 5.74. The Morgan fingerprint density at radius 2 is 2.04 bits per heavy atom.